The average molecular weight is 471 g/mol. The number of ether oxygens (including phenoxy) is 1. The van der Waals surface area contributed by atoms with Crippen molar-refractivity contribution in [2.75, 3.05) is 13.1 Å². The largest absolute Gasteiger partial charge is 0.487 e. The highest BCUT2D eigenvalue weighted by Crippen LogP contribution is 2.23. The van der Waals surface area contributed by atoms with E-state index in [0.29, 0.717) is 37.2 Å². The molecule has 2 heterocycles. The molecule has 1 N–H and O–H groups in total. The molecule has 1 aliphatic heterocycles. The van der Waals surface area contributed by atoms with Crippen molar-refractivity contribution in [2.45, 2.75) is 31.4 Å². The lowest BCUT2D eigenvalue weighted by molar-refractivity contribution is -0.135. The van der Waals surface area contributed by atoms with E-state index in [9.17, 15) is 18.4 Å². The highest BCUT2D eigenvalue weighted by molar-refractivity contribution is 7.12. The Kier molecular flexibility index (Phi) is 7.34. The maximum atomic E-state index is 13.9. The number of likely N-dealkylation sites (tertiary alicyclic amines) is 1. The van der Waals surface area contributed by atoms with Gasteiger partial charge in [0.2, 0.25) is 5.91 Å². The van der Waals surface area contributed by atoms with Crippen LogP contribution in [0.1, 0.15) is 28.1 Å². The smallest absolute Gasteiger partial charge is 0.262 e. The first-order valence-electron chi connectivity index (χ1n) is 10.8. The Morgan fingerprint density at radius 1 is 1.06 bits per heavy atom. The lowest BCUT2D eigenvalue weighted by atomic mass is 10.0. The number of piperidine rings is 1. The van der Waals surface area contributed by atoms with Gasteiger partial charge in [0.05, 0.1) is 4.88 Å². The lowest BCUT2D eigenvalue weighted by Crippen LogP contribution is -2.52. The molecular formula is C25H24F2N2O3S. The van der Waals surface area contributed by atoms with Crippen molar-refractivity contribution in [1.29, 1.82) is 0 Å². The summed E-state index contributed by atoms with van der Waals surface area (Å²) in [5, 5.41) is 4.71. The standard InChI is InChI=1S/C25H24F2N2O3S/c26-18-8-9-22(20(27)16-18)32-19-10-12-29(13-11-19)25(31)21(15-17-5-2-1-3-6-17)28-24(30)23-7-4-14-33-23/h1-9,14,16,19,21H,10-13,15H2,(H,28,30). The van der Waals surface area contributed by atoms with Crippen LogP contribution in [-0.4, -0.2) is 41.9 Å². The van der Waals surface area contributed by atoms with Gasteiger partial charge in [-0.25, -0.2) is 8.78 Å². The van der Waals surface area contributed by atoms with E-state index in [2.05, 4.69) is 5.32 Å². The van der Waals surface area contributed by atoms with Crippen molar-refractivity contribution in [1.82, 2.24) is 10.2 Å². The van der Waals surface area contributed by atoms with E-state index in [0.717, 1.165) is 17.7 Å². The van der Waals surface area contributed by atoms with E-state index in [1.54, 1.807) is 17.0 Å². The quantitative estimate of drug-likeness (QED) is 0.556. The fourth-order valence-corrected chi connectivity index (χ4v) is 4.48. The number of hydrogen-bond donors (Lipinski definition) is 1. The van der Waals surface area contributed by atoms with Gasteiger partial charge < -0.3 is 15.0 Å². The Labute approximate surface area is 195 Å². The number of carbonyl (C=O) groups excluding carboxylic acids is 2. The van der Waals surface area contributed by atoms with Crippen LogP contribution in [0.25, 0.3) is 0 Å². The Hall–Kier alpha value is -3.26. The van der Waals surface area contributed by atoms with Crippen molar-refractivity contribution >= 4 is 23.2 Å². The molecule has 3 aromatic rings. The molecule has 0 saturated carbocycles. The molecule has 0 spiro atoms. The van der Waals surface area contributed by atoms with E-state index < -0.39 is 17.7 Å². The predicted molar refractivity (Wildman–Crippen MR) is 122 cm³/mol. The topological polar surface area (TPSA) is 58.6 Å². The molecule has 1 unspecified atom stereocenters. The van der Waals surface area contributed by atoms with Gasteiger partial charge >= 0.3 is 0 Å². The summed E-state index contributed by atoms with van der Waals surface area (Å²) < 4.78 is 32.7. The number of amides is 2. The summed E-state index contributed by atoms with van der Waals surface area (Å²) in [6.45, 7) is 0.846. The summed E-state index contributed by atoms with van der Waals surface area (Å²) in [6, 6.07) is 15.6. The molecule has 8 heteroatoms. The summed E-state index contributed by atoms with van der Waals surface area (Å²) in [5.74, 6) is -1.83. The molecule has 1 aromatic heterocycles. The first-order valence-corrected chi connectivity index (χ1v) is 11.7. The van der Waals surface area contributed by atoms with Gasteiger partial charge in [0.15, 0.2) is 11.6 Å². The third kappa shape index (κ3) is 5.96. The van der Waals surface area contributed by atoms with Crippen LogP contribution >= 0.6 is 11.3 Å². The molecule has 0 radical (unpaired) electrons. The molecule has 33 heavy (non-hydrogen) atoms. The molecule has 5 nitrogen and oxygen atoms in total. The molecule has 172 valence electrons. The Bertz CT molecular complexity index is 1080. The number of rotatable bonds is 7. The highest BCUT2D eigenvalue weighted by atomic mass is 32.1. The Morgan fingerprint density at radius 3 is 2.48 bits per heavy atom. The van der Waals surface area contributed by atoms with Crippen LogP contribution in [0.3, 0.4) is 0 Å². The summed E-state index contributed by atoms with van der Waals surface area (Å²) in [4.78, 5) is 28.2. The number of hydrogen-bond acceptors (Lipinski definition) is 4. The van der Waals surface area contributed by atoms with Gasteiger partial charge in [0.25, 0.3) is 5.91 Å². The Balaban J connectivity index is 1.40. The summed E-state index contributed by atoms with van der Waals surface area (Å²) in [5.41, 5.74) is 0.951. The van der Waals surface area contributed by atoms with Crippen molar-refractivity contribution in [3.8, 4) is 5.75 Å². The van der Waals surface area contributed by atoms with Crippen LogP contribution in [0.15, 0.2) is 66.0 Å². The molecule has 1 aliphatic rings. The summed E-state index contributed by atoms with van der Waals surface area (Å²) >= 11 is 1.32. The molecule has 1 atom stereocenters. The molecule has 1 fully saturated rings. The third-order valence-electron chi connectivity index (χ3n) is 5.57. The van der Waals surface area contributed by atoms with Crippen molar-refractivity contribution in [3.05, 3.63) is 88.1 Å². The van der Waals surface area contributed by atoms with Crippen molar-refractivity contribution in [3.63, 3.8) is 0 Å². The minimum absolute atomic E-state index is 0.00587. The first kappa shape index (κ1) is 22.9. The van der Waals surface area contributed by atoms with Gasteiger partial charge in [-0.2, -0.15) is 0 Å². The number of benzene rings is 2. The Morgan fingerprint density at radius 2 is 1.82 bits per heavy atom. The molecule has 0 bridgehead atoms. The van der Waals surface area contributed by atoms with E-state index in [-0.39, 0.29) is 23.7 Å². The van der Waals surface area contributed by atoms with Gasteiger partial charge in [0, 0.05) is 38.4 Å². The zero-order chi connectivity index (χ0) is 23.2. The van der Waals surface area contributed by atoms with Crippen LogP contribution in [0.2, 0.25) is 0 Å². The molecular weight excluding hydrogens is 446 g/mol. The lowest BCUT2D eigenvalue weighted by Gasteiger charge is -2.34. The molecule has 2 aromatic carbocycles. The van der Waals surface area contributed by atoms with E-state index in [4.69, 9.17) is 4.74 Å². The second kappa shape index (κ2) is 10.6. The monoisotopic (exact) mass is 470 g/mol. The maximum Gasteiger partial charge on any atom is 0.262 e. The number of halogens is 2. The van der Waals surface area contributed by atoms with Crippen molar-refractivity contribution < 1.29 is 23.1 Å². The zero-order valence-corrected chi connectivity index (χ0v) is 18.7. The minimum atomic E-state index is -0.743. The molecule has 4 rings (SSSR count). The number of nitrogens with one attached hydrogen (secondary N) is 1. The summed E-state index contributed by atoms with van der Waals surface area (Å²) in [6.07, 6.45) is 1.13. The maximum absolute atomic E-state index is 13.9. The second-order valence-electron chi connectivity index (χ2n) is 7.91. The predicted octanol–water partition coefficient (Wildman–Crippen LogP) is 4.44. The summed E-state index contributed by atoms with van der Waals surface area (Å²) in [7, 11) is 0. The average Bonchev–Trinajstić information content (AvgIpc) is 3.36. The van der Waals surface area contributed by atoms with Gasteiger partial charge in [-0.15, -0.1) is 11.3 Å². The van der Waals surface area contributed by atoms with Gasteiger partial charge in [0.1, 0.15) is 18.0 Å². The second-order valence-corrected chi connectivity index (χ2v) is 8.86. The SMILES string of the molecule is O=C(NC(Cc1ccccc1)C(=O)N1CCC(Oc2ccc(F)cc2F)CC1)c1cccs1. The van der Waals surface area contributed by atoms with Crippen LogP contribution in [-0.2, 0) is 11.2 Å². The number of nitrogens with zero attached hydrogens (tertiary/aromatic N) is 1. The first-order chi connectivity index (χ1) is 16.0. The van der Waals surface area contributed by atoms with Crippen LogP contribution in [0.5, 0.6) is 5.75 Å². The zero-order valence-electron chi connectivity index (χ0n) is 17.9. The van der Waals surface area contributed by atoms with Crippen LogP contribution in [0, 0.1) is 11.6 Å². The van der Waals surface area contributed by atoms with Crippen LogP contribution < -0.4 is 10.1 Å². The van der Waals surface area contributed by atoms with Gasteiger partial charge in [-0.05, 0) is 29.1 Å². The van der Waals surface area contributed by atoms with E-state index >= 15 is 0 Å². The molecule has 1 saturated heterocycles. The number of thiophene rings is 1. The number of carbonyl (C=O) groups is 2. The molecule has 2 amide bonds. The third-order valence-corrected chi connectivity index (χ3v) is 6.44. The molecule has 0 aliphatic carbocycles. The van der Waals surface area contributed by atoms with Gasteiger partial charge in [-0.3, -0.25) is 9.59 Å². The van der Waals surface area contributed by atoms with Crippen LogP contribution in [0.4, 0.5) is 8.78 Å². The van der Waals surface area contributed by atoms with E-state index in [1.165, 1.54) is 17.4 Å². The normalized spacial score (nSPS) is 15.2. The fourth-order valence-electron chi connectivity index (χ4n) is 3.85. The minimum Gasteiger partial charge on any atom is -0.487 e. The van der Waals surface area contributed by atoms with E-state index in [1.807, 2.05) is 35.7 Å². The fraction of sp³-hybridized carbons (Fsp3) is 0.280. The van der Waals surface area contributed by atoms with Crippen molar-refractivity contribution in [2.24, 2.45) is 0 Å². The highest BCUT2D eigenvalue weighted by Gasteiger charge is 2.30. The van der Waals surface area contributed by atoms with Gasteiger partial charge in [-0.1, -0.05) is 36.4 Å².